The van der Waals surface area contributed by atoms with Crippen LogP contribution in [0.15, 0.2) is 41.6 Å². The third-order valence-corrected chi connectivity index (χ3v) is 4.73. The van der Waals surface area contributed by atoms with Crippen LogP contribution < -0.4 is 14.9 Å². The molecule has 1 saturated heterocycles. The lowest BCUT2D eigenvalue weighted by molar-refractivity contribution is 0.589. The standard InChI is InChI=1S/C13H17N5O2S/c19-21(20,13-9-15-16-10-13)17-11-1-3-12(4-2-11)18-7-5-14-6-8-18/h1-4,9-10,14,17H,5-8H2,(H,15,16). The number of aromatic amines is 1. The second-order valence-corrected chi connectivity index (χ2v) is 6.51. The van der Waals surface area contributed by atoms with Gasteiger partial charge in [0.05, 0.1) is 6.20 Å². The van der Waals surface area contributed by atoms with Gasteiger partial charge in [0.1, 0.15) is 4.90 Å². The maximum absolute atomic E-state index is 12.1. The van der Waals surface area contributed by atoms with Crippen LogP contribution in [-0.4, -0.2) is 44.8 Å². The fourth-order valence-corrected chi connectivity index (χ4v) is 3.23. The van der Waals surface area contributed by atoms with Crippen molar-refractivity contribution < 1.29 is 8.42 Å². The SMILES string of the molecule is O=S(=O)(Nc1ccc(N2CCNCC2)cc1)c1cn[nH]c1. The summed E-state index contributed by atoms with van der Waals surface area (Å²) in [5.74, 6) is 0. The normalized spacial score (nSPS) is 15.9. The number of sulfonamides is 1. The Bertz CT molecular complexity index is 676. The third kappa shape index (κ3) is 3.17. The predicted octanol–water partition coefficient (Wildman–Crippen LogP) is 0.620. The minimum Gasteiger partial charge on any atom is -0.369 e. The molecule has 0 amide bonds. The van der Waals surface area contributed by atoms with Crippen LogP contribution in [0.25, 0.3) is 0 Å². The predicted molar refractivity (Wildman–Crippen MR) is 80.9 cm³/mol. The quantitative estimate of drug-likeness (QED) is 0.770. The number of nitrogens with zero attached hydrogens (tertiary/aromatic N) is 2. The van der Waals surface area contributed by atoms with Gasteiger partial charge >= 0.3 is 0 Å². The summed E-state index contributed by atoms with van der Waals surface area (Å²) in [5, 5.41) is 9.44. The molecule has 0 atom stereocenters. The van der Waals surface area contributed by atoms with Gasteiger partial charge in [-0.05, 0) is 24.3 Å². The molecule has 2 aromatic rings. The summed E-state index contributed by atoms with van der Waals surface area (Å²) >= 11 is 0. The van der Waals surface area contributed by atoms with E-state index in [1.807, 2.05) is 12.1 Å². The van der Waals surface area contributed by atoms with Gasteiger partial charge < -0.3 is 10.2 Å². The molecule has 0 unspecified atom stereocenters. The zero-order valence-electron chi connectivity index (χ0n) is 11.4. The van der Waals surface area contributed by atoms with E-state index in [0.717, 1.165) is 31.9 Å². The smallest absolute Gasteiger partial charge is 0.265 e. The van der Waals surface area contributed by atoms with E-state index in [9.17, 15) is 8.42 Å². The minimum absolute atomic E-state index is 0.119. The Kier molecular flexibility index (Phi) is 3.80. The second-order valence-electron chi connectivity index (χ2n) is 4.82. The molecule has 1 aromatic heterocycles. The monoisotopic (exact) mass is 307 g/mol. The molecule has 2 heterocycles. The van der Waals surface area contributed by atoms with Gasteiger partial charge in [-0.15, -0.1) is 0 Å². The van der Waals surface area contributed by atoms with Crippen LogP contribution in [0.3, 0.4) is 0 Å². The van der Waals surface area contributed by atoms with Crippen molar-refractivity contribution in [2.75, 3.05) is 35.8 Å². The highest BCUT2D eigenvalue weighted by Crippen LogP contribution is 2.20. The molecule has 8 heteroatoms. The number of nitrogens with one attached hydrogen (secondary N) is 3. The van der Waals surface area contributed by atoms with E-state index in [1.54, 1.807) is 12.1 Å². The van der Waals surface area contributed by atoms with Crippen molar-refractivity contribution in [1.29, 1.82) is 0 Å². The number of hydrogen-bond acceptors (Lipinski definition) is 5. The summed E-state index contributed by atoms with van der Waals surface area (Å²) in [6, 6.07) is 7.40. The molecule has 7 nitrogen and oxygen atoms in total. The first kappa shape index (κ1) is 13.9. The molecule has 21 heavy (non-hydrogen) atoms. The van der Waals surface area contributed by atoms with Gasteiger partial charge in [0.2, 0.25) is 0 Å². The molecule has 0 aliphatic carbocycles. The van der Waals surface area contributed by atoms with E-state index in [1.165, 1.54) is 12.4 Å². The molecule has 3 rings (SSSR count). The van der Waals surface area contributed by atoms with Crippen LogP contribution in [-0.2, 0) is 10.0 Å². The molecule has 0 bridgehead atoms. The molecule has 1 aromatic carbocycles. The zero-order chi connectivity index (χ0) is 14.7. The number of anilines is 2. The van der Waals surface area contributed by atoms with Gasteiger partial charge in [0.25, 0.3) is 10.0 Å². The van der Waals surface area contributed by atoms with Crippen LogP contribution in [0, 0.1) is 0 Å². The zero-order valence-corrected chi connectivity index (χ0v) is 12.2. The lowest BCUT2D eigenvalue weighted by Gasteiger charge is -2.29. The van der Waals surface area contributed by atoms with Crippen molar-refractivity contribution in [2.45, 2.75) is 4.90 Å². The average Bonchev–Trinajstić information content (AvgIpc) is 3.04. The third-order valence-electron chi connectivity index (χ3n) is 3.39. The molecule has 0 spiro atoms. The minimum atomic E-state index is -3.58. The van der Waals surface area contributed by atoms with Crippen molar-refractivity contribution in [3.05, 3.63) is 36.7 Å². The van der Waals surface area contributed by atoms with Gasteiger partial charge in [-0.1, -0.05) is 0 Å². The highest BCUT2D eigenvalue weighted by atomic mass is 32.2. The fourth-order valence-electron chi connectivity index (χ4n) is 2.26. The highest BCUT2D eigenvalue weighted by Gasteiger charge is 2.15. The Hall–Kier alpha value is -2.06. The van der Waals surface area contributed by atoms with Crippen LogP contribution in [0.5, 0.6) is 0 Å². The summed E-state index contributed by atoms with van der Waals surface area (Å²) in [6.45, 7) is 3.85. The van der Waals surface area contributed by atoms with Gasteiger partial charge in [0, 0.05) is 43.8 Å². The van der Waals surface area contributed by atoms with Crippen LogP contribution in [0.2, 0.25) is 0 Å². The van der Waals surface area contributed by atoms with E-state index in [-0.39, 0.29) is 4.90 Å². The Labute approximate surface area is 123 Å². The van der Waals surface area contributed by atoms with Crippen molar-refractivity contribution >= 4 is 21.4 Å². The molecule has 1 fully saturated rings. The first-order chi connectivity index (χ1) is 10.1. The second kappa shape index (κ2) is 5.74. The number of hydrogen-bond donors (Lipinski definition) is 3. The molecule has 0 radical (unpaired) electrons. The van der Waals surface area contributed by atoms with Crippen molar-refractivity contribution in [3.8, 4) is 0 Å². The van der Waals surface area contributed by atoms with Crippen LogP contribution in [0.4, 0.5) is 11.4 Å². The van der Waals surface area contributed by atoms with Crippen LogP contribution in [0.1, 0.15) is 0 Å². The summed E-state index contributed by atoms with van der Waals surface area (Å²) in [7, 11) is -3.58. The van der Waals surface area contributed by atoms with Crippen molar-refractivity contribution in [3.63, 3.8) is 0 Å². The molecule has 1 aliphatic rings. The summed E-state index contributed by atoms with van der Waals surface area (Å²) in [5.41, 5.74) is 1.64. The van der Waals surface area contributed by atoms with Gasteiger partial charge in [0.15, 0.2) is 0 Å². The lowest BCUT2D eigenvalue weighted by atomic mass is 10.2. The highest BCUT2D eigenvalue weighted by molar-refractivity contribution is 7.92. The molecular formula is C13H17N5O2S. The van der Waals surface area contributed by atoms with Crippen LogP contribution >= 0.6 is 0 Å². The van der Waals surface area contributed by atoms with E-state index < -0.39 is 10.0 Å². The fraction of sp³-hybridized carbons (Fsp3) is 0.308. The molecule has 112 valence electrons. The largest absolute Gasteiger partial charge is 0.369 e. The first-order valence-corrected chi connectivity index (χ1v) is 8.21. The number of benzene rings is 1. The van der Waals surface area contributed by atoms with E-state index in [4.69, 9.17) is 0 Å². The first-order valence-electron chi connectivity index (χ1n) is 6.72. The van der Waals surface area contributed by atoms with E-state index in [0.29, 0.717) is 5.69 Å². The molecule has 0 saturated carbocycles. The molecule has 3 N–H and O–H groups in total. The Morgan fingerprint density at radius 2 is 1.86 bits per heavy atom. The van der Waals surface area contributed by atoms with E-state index >= 15 is 0 Å². The summed E-state index contributed by atoms with van der Waals surface area (Å²) < 4.78 is 26.7. The maximum Gasteiger partial charge on any atom is 0.265 e. The Balaban J connectivity index is 1.72. The summed E-state index contributed by atoms with van der Waals surface area (Å²) in [4.78, 5) is 2.39. The summed E-state index contributed by atoms with van der Waals surface area (Å²) in [6.07, 6.45) is 2.62. The Morgan fingerprint density at radius 1 is 1.14 bits per heavy atom. The van der Waals surface area contributed by atoms with Crippen molar-refractivity contribution in [1.82, 2.24) is 15.5 Å². The van der Waals surface area contributed by atoms with Crippen molar-refractivity contribution in [2.24, 2.45) is 0 Å². The number of piperazine rings is 1. The lowest BCUT2D eigenvalue weighted by Crippen LogP contribution is -2.43. The maximum atomic E-state index is 12.1. The number of H-pyrrole nitrogens is 1. The molecular weight excluding hydrogens is 290 g/mol. The average molecular weight is 307 g/mol. The number of rotatable bonds is 4. The van der Waals surface area contributed by atoms with Gasteiger partial charge in [-0.2, -0.15) is 5.10 Å². The molecule has 1 aliphatic heterocycles. The van der Waals surface area contributed by atoms with E-state index in [2.05, 4.69) is 25.1 Å². The van der Waals surface area contributed by atoms with Gasteiger partial charge in [-0.3, -0.25) is 9.82 Å². The Morgan fingerprint density at radius 3 is 2.48 bits per heavy atom. The topological polar surface area (TPSA) is 90.1 Å². The van der Waals surface area contributed by atoms with Gasteiger partial charge in [-0.25, -0.2) is 8.42 Å². The number of aromatic nitrogens is 2.